The molecule has 0 saturated carbocycles. The van der Waals surface area contributed by atoms with Crippen LogP contribution in [0.5, 0.6) is 0 Å². The zero-order valence-corrected chi connectivity index (χ0v) is 10.6. The van der Waals surface area contributed by atoms with E-state index in [2.05, 4.69) is 0 Å². The van der Waals surface area contributed by atoms with Crippen LogP contribution in [0.2, 0.25) is 0 Å². The van der Waals surface area contributed by atoms with Gasteiger partial charge in [-0.2, -0.15) is 0 Å². The summed E-state index contributed by atoms with van der Waals surface area (Å²) in [5, 5.41) is 8.97. The number of ether oxygens (including phenoxy) is 1. The lowest BCUT2D eigenvalue weighted by Gasteiger charge is -2.29. The van der Waals surface area contributed by atoms with E-state index in [1.54, 1.807) is 0 Å². The van der Waals surface area contributed by atoms with E-state index in [9.17, 15) is 9.59 Å². The number of aliphatic carboxylic acids is 1. The third-order valence-corrected chi connectivity index (χ3v) is 3.23. The first-order valence-corrected chi connectivity index (χ1v) is 6.35. The fraction of sp³-hybridized carbons (Fsp3) is 0.429. The minimum absolute atomic E-state index is 0.216. The number of carbonyl (C=O) groups is 2. The SMILES string of the molecule is O=C(O)C1CCCN(C(=O)OCc2ccccc2)C1. The van der Waals surface area contributed by atoms with Gasteiger partial charge < -0.3 is 14.7 Å². The molecule has 5 nitrogen and oxygen atoms in total. The Morgan fingerprint density at radius 1 is 1.32 bits per heavy atom. The maximum absolute atomic E-state index is 11.9. The molecule has 1 atom stereocenters. The van der Waals surface area contributed by atoms with Crippen LogP contribution in [0.4, 0.5) is 4.79 Å². The van der Waals surface area contributed by atoms with E-state index < -0.39 is 18.0 Å². The minimum atomic E-state index is -0.847. The maximum Gasteiger partial charge on any atom is 0.410 e. The summed E-state index contributed by atoms with van der Waals surface area (Å²) in [5.41, 5.74) is 0.919. The van der Waals surface area contributed by atoms with Crippen molar-refractivity contribution in [2.75, 3.05) is 13.1 Å². The number of carbonyl (C=O) groups excluding carboxylic acids is 1. The number of likely N-dealkylation sites (tertiary alicyclic amines) is 1. The van der Waals surface area contributed by atoms with Crippen LogP contribution in [-0.4, -0.2) is 35.2 Å². The Hall–Kier alpha value is -2.04. The average Bonchev–Trinajstić information content (AvgIpc) is 2.46. The third kappa shape index (κ3) is 3.71. The van der Waals surface area contributed by atoms with Crippen molar-refractivity contribution in [3.63, 3.8) is 0 Å². The van der Waals surface area contributed by atoms with Crippen molar-refractivity contribution in [2.24, 2.45) is 5.92 Å². The molecule has 1 N–H and O–H groups in total. The lowest BCUT2D eigenvalue weighted by Crippen LogP contribution is -2.42. The molecule has 0 spiro atoms. The van der Waals surface area contributed by atoms with Crippen LogP contribution < -0.4 is 0 Å². The first-order chi connectivity index (χ1) is 9.16. The predicted octanol–water partition coefficient (Wildman–Crippen LogP) is 2.12. The summed E-state index contributed by atoms with van der Waals surface area (Å²) in [6.07, 6.45) is 0.893. The molecule has 2 rings (SSSR count). The number of carboxylic acids is 1. The van der Waals surface area contributed by atoms with Crippen molar-refractivity contribution in [1.82, 2.24) is 4.90 Å². The fourth-order valence-electron chi connectivity index (χ4n) is 2.16. The highest BCUT2D eigenvalue weighted by Crippen LogP contribution is 2.17. The number of rotatable bonds is 3. The Morgan fingerprint density at radius 2 is 2.05 bits per heavy atom. The Balaban J connectivity index is 1.84. The van der Waals surface area contributed by atoms with Gasteiger partial charge in [-0.05, 0) is 18.4 Å². The minimum Gasteiger partial charge on any atom is -0.481 e. The first kappa shape index (κ1) is 13.4. The highest BCUT2D eigenvalue weighted by atomic mass is 16.6. The molecule has 0 bridgehead atoms. The van der Waals surface area contributed by atoms with Crippen LogP contribution in [0, 0.1) is 5.92 Å². The van der Waals surface area contributed by atoms with Gasteiger partial charge in [0, 0.05) is 13.1 Å². The lowest BCUT2D eigenvalue weighted by atomic mass is 9.99. The van der Waals surface area contributed by atoms with Gasteiger partial charge in [-0.15, -0.1) is 0 Å². The average molecular weight is 263 g/mol. The number of carboxylic acid groups (broad SMARTS) is 1. The molecule has 1 aliphatic heterocycles. The van der Waals surface area contributed by atoms with Crippen molar-refractivity contribution in [3.05, 3.63) is 35.9 Å². The van der Waals surface area contributed by atoms with Gasteiger partial charge in [0.25, 0.3) is 0 Å². The number of amides is 1. The molecule has 102 valence electrons. The summed E-state index contributed by atoms with van der Waals surface area (Å²) in [4.78, 5) is 24.3. The Morgan fingerprint density at radius 3 is 2.74 bits per heavy atom. The molecule has 0 aliphatic carbocycles. The second-order valence-corrected chi connectivity index (χ2v) is 4.66. The van der Waals surface area contributed by atoms with Gasteiger partial charge >= 0.3 is 12.1 Å². The standard InChI is InChI=1S/C14H17NO4/c16-13(17)12-7-4-8-15(9-12)14(18)19-10-11-5-2-1-3-6-11/h1-3,5-6,12H,4,7-10H2,(H,16,17). The number of hydrogen-bond acceptors (Lipinski definition) is 3. The zero-order valence-electron chi connectivity index (χ0n) is 10.6. The molecule has 1 heterocycles. The predicted molar refractivity (Wildman–Crippen MR) is 68.6 cm³/mol. The molecule has 1 unspecified atom stereocenters. The molecule has 1 aliphatic rings. The number of hydrogen-bond donors (Lipinski definition) is 1. The van der Waals surface area contributed by atoms with Gasteiger partial charge in [-0.3, -0.25) is 4.79 Å². The molecule has 19 heavy (non-hydrogen) atoms. The highest BCUT2D eigenvalue weighted by molar-refractivity contribution is 5.73. The van der Waals surface area contributed by atoms with Gasteiger partial charge in [0.1, 0.15) is 6.61 Å². The molecule has 1 fully saturated rings. The zero-order chi connectivity index (χ0) is 13.7. The number of nitrogens with zero attached hydrogens (tertiary/aromatic N) is 1. The second kappa shape index (κ2) is 6.22. The van der Waals surface area contributed by atoms with E-state index in [0.717, 1.165) is 5.56 Å². The van der Waals surface area contributed by atoms with Crippen molar-refractivity contribution < 1.29 is 19.4 Å². The monoisotopic (exact) mass is 263 g/mol. The van der Waals surface area contributed by atoms with E-state index in [4.69, 9.17) is 9.84 Å². The van der Waals surface area contributed by atoms with E-state index in [-0.39, 0.29) is 13.2 Å². The molecule has 1 aromatic rings. The summed E-state index contributed by atoms with van der Waals surface area (Å²) in [5.74, 6) is -1.32. The largest absolute Gasteiger partial charge is 0.481 e. The van der Waals surface area contributed by atoms with E-state index in [1.807, 2.05) is 30.3 Å². The van der Waals surface area contributed by atoms with Crippen LogP contribution in [-0.2, 0) is 16.1 Å². The molecule has 1 aromatic carbocycles. The summed E-state index contributed by atoms with van der Waals surface area (Å²) in [7, 11) is 0. The fourth-order valence-corrected chi connectivity index (χ4v) is 2.16. The highest BCUT2D eigenvalue weighted by Gasteiger charge is 2.28. The number of piperidine rings is 1. The molecule has 1 saturated heterocycles. The summed E-state index contributed by atoms with van der Waals surface area (Å²) in [6.45, 7) is 1.02. The second-order valence-electron chi connectivity index (χ2n) is 4.66. The topological polar surface area (TPSA) is 66.8 Å². The molecule has 5 heteroatoms. The van der Waals surface area contributed by atoms with Crippen molar-refractivity contribution >= 4 is 12.1 Å². The van der Waals surface area contributed by atoms with Crippen molar-refractivity contribution in [2.45, 2.75) is 19.4 Å². The smallest absolute Gasteiger partial charge is 0.410 e. The van der Waals surface area contributed by atoms with Crippen LogP contribution in [0.1, 0.15) is 18.4 Å². The lowest BCUT2D eigenvalue weighted by molar-refractivity contribution is -0.143. The van der Waals surface area contributed by atoms with E-state index in [0.29, 0.717) is 19.4 Å². The van der Waals surface area contributed by atoms with Gasteiger partial charge in [-0.25, -0.2) is 4.79 Å². The van der Waals surface area contributed by atoms with E-state index >= 15 is 0 Å². The molecular weight excluding hydrogens is 246 g/mol. The number of benzene rings is 1. The van der Waals surface area contributed by atoms with Crippen LogP contribution >= 0.6 is 0 Å². The third-order valence-electron chi connectivity index (χ3n) is 3.23. The molecule has 0 aromatic heterocycles. The van der Waals surface area contributed by atoms with Crippen LogP contribution in [0.3, 0.4) is 0 Å². The quantitative estimate of drug-likeness (QED) is 0.907. The Kier molecular flexibility index (Phi) is 4.39. The van der Waals surface area contributed by atoms with Gasteiger partial charge in [-0.1, -0.05) is 30.3 Å². The summed E-state index contributed by atoms with van der Waals surface area (Å²) >= 11 is 0. The van der Waals surface area contributed by atoms with Gasteiger partial charge in [0.05, 0.1) is 5.92 Å². The van der Waals surface area contributed by atoms with Crippen molar-refractivity contribution in [1.29, 1.82) is 0 Å². The van der Waals surface area contributed by atoms with Gasteiger partial charge in [0.15, 0.2) is 0 Å². The Bertz CT molecular complexity index is 446. The van der Waals surface area contributed by atoms with Crippen LogP contribution in [0.25, 0.3) is 0 Å². The molecular formula is C14H17NO4. The summed E-state index contributed by atoms with van der Waals surface area (Å²) < 4.78 is 5.19. The maximum atomic E-state index is 11.9. The van der Waals surface area contributed by atoms with Gasteiger partial charge in [0.2, 0.25) is 0 Å². The Labute approximate surface area is 111 Å². The van der Waals surface area contributed by atoms with Crippen LogP contribution in [0.15, 0.2) is 30.3 Å². The van der Waals surface area contributed by atoms with Crippen molar-refractivity contribution in [3.8, 4) is 0 Å². The van der Waals surface area contributed by atoms with E-state index in [1.165, 1.54) is 4.90 Å². The summed E-state index contributed by atoms with van der Waals surface area (Å²) in [6, 6.07) is 9.41. The molecule has 1 amide bonds. The molecule has 0 radical (unpaired) electrons. The first-order valence-electron chi connectivity index (χ1n) is 6.35. The normalized spacial score (nSPS) is 18.9.